The van der Waals surface area contributed by atoms with E-state index < -0.39 is 12.1 Å². The molecule has 16 heavy (non-hydrogen) atoms. The molecule has 0 aliphatic heterocycles. The third-order valence-corrected chi connectivity index (χ3v) is 2.30. The van der Waals surface area contributed by atoms with Crippen molar-refractivity contribution in [3.8, 4) is 0 Å². The van der Waals surface area contributed by atoms with E-state index in [4.69, 9.17) is 10.5 Å². The predicted molar refractivity (Wildman–Crippen MR) is 60.6 cm³/mol. The second kappa shape index (κ2) is 6.25. The summed E-state index contributed by atoms with van der Waals surface area (Å²) in [5.41, 5.74) is 6.13. The molecule has 0 aliphatic rings. The molecule has 0 saturated carbocycles. The van der Waals surface area contributed by atoms with E-state index in [-0.39, 0.29) is 12.6 Å². The standard InChI is InChI=1S/C12H17NO3/c1-2-10(13)8-16-12(15)11(14)9-6-4-3-5-7-9/h3-7,10-11,14H,2,8,13H2,1H3/t10?,11-/m1/s1. The van der Waals surface area contributed by atoms with Gasteiger partial charge in [-0.2, -0.15) is 0 Å². The van der Waals surface area contributed by atoms with Crippen LogP contribution in [0.4, 0.5) is 0 Å². The highest BCUT2D eigenvalue weighted by Crippen LogP contribution is 2.13. The van der Waals surface area contributed by atoms with E-state index in [1.54, 1.807) is 24.3 Å². The molecule has 0 aromatic heterocycles. The minimum Gasteiger partial charge on any atom is -0.462 e. The topological polar surface area (TPSA) is 72.5 Å². The third kappa shape index (κ3) is 3.64. The molecule has 0 amide bonds. The summed E-state index contributed by atoms with van der Waals surface area (Å²) in [6.07, 6.45) is -0.500. The van der Waals surface area contributed by atoms with E-state index in [0.29, 0.717) is 5.56 Å². The van der Waals surface area contributed by atoms with Crippen molar-refractivity contribution in [3.63, 3.8) is 0 Å². The number of hydrogen-bond donors (Lipinski definition) is 2. The Morgan fingerprint density at radius 3 is 2.62 bits per heavy atom. The molecule has 0 heterocycles. The average molecular weight is 223 g/mol. The van der Waals surface area contributed by atoms with Gasteiger partial charge < -0.3 is 15.6 Å². The number of esters is 1. The van der Waals surface area contributed by atoms with Crippen LogP contribution in [0.25, 0.3) is 0 Å². The number of hydrogen-bond acceptors (Lipinski definition) is 4. The van der Waals surface area contributed by atoms with Crippen molar-refractivity contribution in [2.24, 2.45) is 5.73 Å². The van der Waals surface area contributed by atoms with E-state index in [0.717, 1.165) is 6.42 Å². The minimum absolute atomic E-state index is 0.138. The Morgan fingerprint density at radius 2 is 2.06 bits per heavy atom. The number of carbonyl (C=O) groups excluding carboxylic acids is 1. The Hall–Kier alpha value is -1.39. The third-order valence-electron chi connectivity index (χ3n) is 2.30. The molecule has 0 spiro atoms. The molecule has 88 valence electrons. The molecule has 4 nitrogen and oxygen atoms in total. The van der Waals surface area contributed by atoms with E-state index in [2.05, 4.69) is 0 Å². The van der Waals surface area contributed by atoms with Crippen molar-refractivity contribution >= 4 is 5.97 Å². The molecule has 1 rings (SSSR count). The van der Waals surface area contributed by atoms with Gasteiger partial charge in [0.15, 0.2) is 6.10 Å². The fourth-order valence-corrected chi connectivity index (χ4v) is 1.16. The number of aliphatic hydroxyl groups is 1. The van der Waals surface area contributed by atoms with Crippen molar-refractivity contribution < 1.29 is 14.6 Å². The Bertz CT molecular complexity index is 326. The first-order valence-electron chi connectivity index (χ1n) is 5.30. The normalized spacial score (nSPS) is 14.2. The fraction of sp³-hybridized carbons (Fsp3) is 0.417. The van der Waals surface area contributed by atoms with E-state index >= 15 is 0 Å². The van der Waals surface area contributed by atoms with Crippen molar-refractivity contribution in [1.29, 1.82) is 0 Å². The predicted octanol–water partition coefficient (Wildman–Crippen LogP) is 1.00. The van der Waals surface area contributed by atoms with Gasteiger partial charge in [0.2, 0.25) is 0 Å². The van der Waals surface area contributed by atoms with Crippen LogP contribution < -0.4 is 5.73 Å². The van der Waals surface area contributed by atoms with Gasteiger partial charge in [0.25, 0.3) is 0 Å². The summed E-state index contributed by atoms with van der Waals surface area (Å²) < 4.78 is 4.90. The largest absolute Gasteiger partial charge is 0.462 e. The summed E-state index contributed by atoms with van der Waals surface area (Å²) in [7, 11) is 0. The lowest BCUT2D eigenvalue weighted by atomic mass is 10.1. The van der Waals surface area contributed by atoms with Crippen LogP contribution in [-0.4, -0.2) is 23.7 Å². The van der Waals surface area contributed by atoms with E-state index in [9.17, 15) is 9.90 Å². The Labute approximate surface area is 95.0 Å². The Balaban J connectivity index is 2.49. The average Bonchev–Trinajstić information content (AvgIpc) is 2.35. The molecular formula is C12H17NO3. The number of nitrogens with two attached hydrogens (primary N) is 1. The van der Waals surface area contributed by atoms with Gasteiger partial charge in [-0.3, -0.25) is 0 Å². The van der Waals surface area contributed by atoms with Crippen LogP contribution in [-0.2, 0) is 9.53 Å². The van der Waals surface area contributed by atoms with Gasteiger partial charge in [0.1, 0.15) is 6.61 Å². The monoisotopic (exact) mass is 223 g/mol. The molecule has 1 unspecified atom stereocenters. The first-order chi connectivity index (χ1) is 7.65. The molecule has 0 aliphatic carbocycles. The zero-order chi connectivity index (χ0) is 12.0. The van der Waals surface area contributed by atoms with Gasteiger partial charge >= 0.3 is 5.97 Å². The number of carbonyl (C=O) groups is 1. The van der Waals surface area contributed by atoms with E-state index in [1.165, 1.54) is 0 Å². The summed E-state index contributed by atoms with van der Waals surface area (Å²) in [4.78, 5) is 11.4. The van der Waals surface area contributed by atoms with Crippen molar-refractivity contribution in [2.75, 3.05) is 6.61 Å². The molecule has 0 saturated heterocycles. The van der Waals surface area contributed by atoms with Crippen LogP contribution in [0.2, 0.25) is 0 Å². The lowest BCUT2D eigenvalue weighted by Crippen LogP contribution is -2.28. The number of benzene rings is 1. The van der Waals surface area contributed by atoms with Crippen LogP contribution in [0.1, 0.15) is 25.0 Å². The zero-order valence-corrected chi connectivity index (χ0v) is 9.30. The minimum atomic E-state index is -1.23. The highest BCUT2D eigenvalue weighted by atomic mass is 16.5. The van der Waals surface area contributed by atoms with Crippen molar-refractivity contribution in [1.82, 2.24) is 0 Å². The van der Waals surface area contributed by atoms with Gasteiger partial charge in [-0.1, -0.05) is 37.3 Å². The Kier molecular flexibility index (Phi) is 4.95. The second-order valence-electron chi connectivity index (χ2n) is 3.61. The summed E-state index contributed by atoms with van der Waals surface area (Å²) in [5.74, 6) is -0.657. The highest BCUT2D eigenvalue weighted by Gasteiger charge is 2.19. The van der Waals surface area contributed by atoms with Crippen LogP contribution in [0, 0.1) is 0 Å². The zero-order valence-electron chi connectivity index (χ0n) is 9.30. The summed E-state index contributed by atoms with van der Waals surface area (Å²) >= 11 is 0. The molecule has 4 heteroatoms. The lowest BCUT2D eigenvalue weighted by Gasteiger charge is -2.13. The maximum absolute atomic E-state index is 11.4. The fourth-order valence-electron chi connectivity index (χ4n) is 1.16. The smallest absolute Gasteiger partial charge is 0.339 e. The van der Waals surface area contributed by atoms with Gasteiger partial charge in [0, 0.05) is 6.04 Å². The quantitative estimate of drug-likeness (QED) is 0.730. The SMILES string of the molecule is CCC(N)COC(=O)[C@H](O)c1ccccc1. The molecule has 0 fully saturated rings. The molecular weight excluding hydrogens is 206 g/mol. The van der Waals surface area contributed by atoms with Crippen LogP contribution >= 0.6 is 0 Å². The molecule has 0 bridgehead atoms. The van der Waals surface area contributed by atoms with Crippen LogP contribution in [0.3, 0.4) is 0 Å². The molecule has 0 radical (unpaired) electrons. The first kappa shape index (κ1) is 12.7. The molecule has 3 N–H and O–H groups in total. The van der Waals surface area contributed by atoms with Gasteiger partial charge in [-0.15, -0.1) is 0 Å². The highest BCUT2D eigenvalue weighted by molar-refractivity contribution is 5.76. The Morgan fingerprint density at radius 1 is 1.44 bits per heavy atom. The second-order valence-corrected chi connectivity index (χ2v) is 3.61. The number of aliphatic hydroxyl groups excluding tert-OH is 1. The summed E-state index contributed by atoms with van der Waals surface area (Å²) in [6.45, 7) is 2.05. The van der Waals surface area contributed by atoms with Gasteiger partial charge in [-0.05, 0) is 12.0 Å². The van der Waals surface area contributed by atoms with Crippen LogP contribution in [0.5, 0.6) is 0 Å². The molecule has 2 atom stereocenters. The van der Waals surface area contributed by atoms with Gasteiger partial charge in [0.05, 0.1) is 0 Å². The van der Waals surface area contributed by atoms with Crippen molar-refractivity contribution in [2.45, 2.75) is 25.5 Å². The lowest BCUT2D eigenvalue weighted by molar-refractivity contribution is -0.154. The van der Waals surface area contributed by atoms with Gasteiger partial charge in [-0.25, -0.2) is 4.79 Å². The number of ether oxygens (including phenoxy) is 1. The molecule has 1 aromatic rings. The van der Waals surface area contributed by atoms with Crippen molar-refractivity contribution in [3.05, 3.63) is 35.9 Å². The van der Waals surface area contributed by atoms with Crippen LogP contribution in [0.15, 0.2) is 30.3 Å². The first-order valence-corrected chi connectivity index (χ1v) is 5.30. The maximum Gasteiger partial charge on any atom is 0.339 e. The summed E-state index contributed by atoms with van der Waals surface area (Å²) in [5, 5.41) is 9.66. The summed E-state index contributed by atoms with van der Waals surface area (Å²) in [6, 6.07) is 8.49. The van der Waals surface area contributed by atoms with E-state index in [1.807, 2.05) is 13.0 Å². The number of rotatable bonds is 5. The molecule has 1 aromatic carbocycles. The maximum atomic E-state index is 11.4.